The standard InChI is InChI=1S/C16H13F4N3O3/c1-7(2)23-10-4-8(9(17)5-12(10)26-15(23)25)14-11(24)6-13(16(18,19)20)22(3)21-14/h4-7H,1-3H3. The number of alkyl halides is 3. The largest absolute Gasteiger partial charge is 0.433 e. The summed E-state index contributed by atoms with van der Waals surface area (Å²) in [6.45, 7) is 3.41. The molecule has 0 saturated carbocycles. The summed E-state index contributed by atoms with van der Waals surface area (Å²) >= 11 is 0. The number of nitrogens with zero attached hydrogens (tertiary/aromatic N) is 3. The van der Waals surface area contributed by atoms with E-state index in [1.54, 1.807) is 13.8 Å². The van der Waals surface area contributed by atoms with E-state index in [1.165, 1.54) is 10.6 Å². The Morgan fingerprint density at radius 2 is 1.81 bits per heavy atom. The predicted molar refractivity (Wildman–Crippen MR) is 84.3 cm³/mol. The number of aromatic nitrogens is 3. The van der Waals surface area contributed by atoms with Crippen molar-refractivity contribution in [2.24, 2.45) is 7.05 Å². The molecule has 0 amide bonds. The summed E-state index contributed by atoms with van der Waals surface area (Å²) in [5.74, 6) is -1.65. The summed E-state index contributed by atoms with van der Waals surface area (Å²) in [7, 11) is 1.00. The molecule has 0 aliphatic heterocycles. The van der Waals surface area contributed by atoms with Gasteiger partial charge in [0, 0.05) is 30.8 Å². The van der Waals surface area contributed by atoms with Crippen LogP contribution in [0.5, 0.6) is 0 Å². The molecule has 0 saturated heterocycles. The van der Waals surface area contributed by atoms with E-state index in [4.69, 9.17) is 4.42 Å². The van der Waals surface area contributed by atoms with Gasteiger partial charge in [0.1, 0.15) is 17.2 Å². The average Bonchev–Trinajstić information content (AvgIpc) is 2.82. The molecule has 10 heteroatoms. The van der Waals surface area contributed by atoms with Gasteiger partial charge in [0.2, 0.25) is 5.43 Å². The average molecular weight is 371 g/mol. The summed E-state index contributed by atoms with van der Waals surface area (Å²) in [6.07, 6.45) is -4.77. The maximum atomic E-state index is 14.4. The summed E-state index contributed by atoms with van der Waals surface area (Å²) in [6, 6.07) is 2.12. The highest BCUT2D eigenvalue weighted by Gasteiger charge is 2.34. The van der Waals surface area contributed by atoms with E-state index in [2.05, 4.69) is 5.10 Å². The third-order valence-corrected chi connectivity index (χ3v) is 3.86. The number of rotatable bonds is 2. The van der Waals surface area contributed by atoms with Crippen molar-refractivity contribution in [1.82, 2.24) is 14.3 Å². The van der Waals surface area contributed by atoms with Crippen molar-refractivity contribution in [3.8, 4) is 11.3 Å². The maximum Gasteiger partial charge on any atom is 0.433 e. The smallest absolute Gasteiger partial charge is 0.408 e. The van der Waals surface area contributed by atoms with Crippen molar-refractivity contribution in [1.29, 1.82) is 0 Å². The molecule has 0 N–H and O–H groups in total. The molecule has 0 atom stereocenters. The minimum absolute atomic E-state index is 0.0336. The molecule has 0 aliphatic carbocycles. The van der Waals surface area contributed by atoms with Crippen LogP contribution in [-0.4, -0.2) is 14.3 Å². The number of oxazole rings is 1. The van der Waals surface area contributed by atoms with Crippen LogP contribution < -0.4 is 11.2 Å². The molecule has 3 aromatic rings. The lowest BCUT2D eigenvalue weighted by Crippen LogP contribution is -2.23. The van der Waals surface area contributed by atoms with Crippen molar-refractivity contribution in [3.63, 3.8) is 0 Å². The highest BCUT2D eigenvalue weighted by atomic mass is 19.4. The fourth-order valence-electron chi connectivity index (χ4n) is 2.72. The molecular weight excluding hydrogens is 358 g/mol. The summed E-state index contributed by atoms with van der Waals surface area (Å²) < 4.78 is 59.7. The van der Waals surface area contributed by atoms with Crippen LogP contribution in [0.4, 0.5) is 17.6 Å². The molecule has 26 heavy (non-hydrogen) atoms. The van der Waals surface area contributed by atoms with Crippen molar-refractivity contribution < 1.29 is 22.0 Å². The van der Waals surface area contributed by atoms with Crippen molar-refractivity contribution >= 4 is 11.1 Å². The van der Waals surface area contributed by atoms with Gasteiger partial charge < -0.3 is 4.42 Å². The Labute approximate surface area is 143 Å². The predicted octanol–water partition coefficient (Wildman–Crippen LogP) is 3.09. The van der Waals surface area contributed by atoms with Crippen LogP contribution in [0.3, 0.4) is 0 Å². The van der Waals surface area contributed by atoms with Gasteiger partial charge in [-0.15, -0.1) is 0 Å². The van der Waals surface area contributed by atoms with E-state index < -0.39 is 34.6 Å². The molecule has 6 nitrogen and oxygen atoms in total. The van der Waals surface area contributed by atoms with Crippen LogP contribution in [0.2, 0.25) is 0 Å². The van der Waals surface area contributed by atoms with Crippen LogP contribution in [0, 0.1) is 5.82 Å². The van der Waals surface area contributed by atoms with Crippen LogP contribution in [0.1, 0.15) is 25.6 Å². The Balaban J connectivity index is 2.31. The van der Waals surface area contributed by atoms with Gasteiger partial charge in [-0.25, -0.2) is 9.18 Å². The molecular formula is C16H13F4N3O3. The highest BCUT2D eigenvalue weighted by Crippen LogP contribution is 2.29. The highest BCUT2D eigenvalue weighted by molar-refractivity contribution is 5.80. The van der Waals surface area contributed by atoms with E-state index in [-0.39, 0.29) is 22.7 Å². The van der Waals surface area contributed by atoms with E-state index >= 15 is 0 Å². The van der Waals surface area contributed by atoms with E-state index in [0.29, 0.717) is 10.7 Å². The molecule has 0 unspecified atom stereocenters. The number of hydrogen-bond donors (Lipinski definition) is 0. The minimum Gasteiger partial charge on any atom is -0.408 e. The Kier molecular flexibility index (Phi) is 4.01. The first-order valence-electron chi connectivity index (χ1n) is 7.51. The second kappa shape index (κ2) is 5.82. The van der Waals surface area contributed by atoms with Crippen molar-refractivity contribution in [2.45, 2.75) is 26.1 Å². The SMILES string of the molecule is CC(C)n1c(=O)oc2cc(F)c(-c3nn(C)c(C(F)(F)F)cc3=O)cc21. The topological polar surface area (TPSA) is 70.0 Å². The van der Waals surface area contributed by atoms with Gasteiger partial charge in [-0.1, -0.05) is 0 Å². The minimum atomic E-state index is -4.77. The Bertz CT molecular complexity index is 1120. The van der Waals surface area contributed by atoms with Gasteiger partial charge >= 0.3 is 11.9 Å². The molecule has 138 valence electrons. The molecule has 0 radical (unpaired) electrons. The fraction of sp³-hybridized carbons (Fsp3) is 0.312. The zero-order valence-electron chi connectivity index (χ0n) is 13.9. The third-order valence-electron chi connectivity index (χ3n) is 3.86. The van der Waals surface area contributed by atoms with E-state index in [9.17, 15) is 27.2 Å². The summed E-state index contributed by atoms with van der Waals surface area (Å²) in [4.78, 5) is 24.0. The zero-order chi connectivity index (χ0) is 19.4. The lowest BCUT2D eigenvalue weighted by molar-refractivity contribution is -0.144. The maximum absolute atomic E-state index is 14.4. The third kappa shape index (κ3) is 2.80. The van der Waals surface area contributed by atoms with Gasteiger partial charge in [0.05, 0.1) is 5.52 Å². The lowest BCUT2D eigenvalue weighted by Gasteiger charge is -2.12. The first kappa shape index (κ1) is 17.9. The van der Waals surface area contributed by atoms with Crippen LogP contribution in [0.15, 0.2) is 32.2 Å². The van der Waals surface area contributed by atoms with Crippen LogP contribution >= 0.6 is 0 Å². The summed E-state index contributed by atoms with van der Waals surface area (Å²) in [5, 5.41) is 3.58. The molecule has 0 spiro atoms. The quantitative estimate of drug-likeness (QED) is 0.649. The molecule has 1 aromatic carbocycles. The molecule has 3 rings (SSSR count). The van der Waals surface area contributed by atoms with Gasteiger partial charge in [0.25, 0.3) is 0 Å². The Morgan fingerprint density at radius 3 is 2.38 bits per heavy atom. The van der Waals surface area contributed by atoms with E-state index in [0.717, 1.165) is 13.1 Å². The normalized spacial score (nSPS) is 12.3. The fourth-order valence-corrected chi connectivity index (χ4v) is 2.72. The first-order valence-corrected chi connectivity index (χ1v) is 7.51. The van der Waals surface area contributed by atoms with E-state index in [1.807, 2.05) is 0 Å². The molecule has 0 fully saturated rings. The monoisotopic (exact) mass is 371 g/mol. The number of benzene rings is 1. The Morgan fingerprint density at radius 1 is 1.15 bits per heavy atom. The number of hydrogen-bond acceptors (Lipinski definition) is 4. The number of aryl methyl sites for hydroxylation is 1. The first-order chi connectivity index (χ1) is 12.0. The zero-order valence-corrected chi connectivity index (χ0v) is 13.9. The van der Waals surface area contributed by atoms with Gasteiger partial charge in [-0.05, 0) is 19.9 Å². The van der Waals surface area contributed by atoms with Crippen LogP contribution in [0.25, 0.3) is 22.4 Å². The summed E-state index contributed by atoms with van der Waals surface area (Å²) in [5.41, 5.74) is -2.98. The molecule has 0 bridgehead atoms. The second-order valence-electron chi connectivity index (χ2n) is 6.00. The van der Waals surface area contributed by atoms with Crippen molar-refractivity contribution in [2.75, 3.05) is 0 Å². The van der Waals surface area contributed by atoms with Gasteiger partial charge in [0.15, 0.2) is 5.58 Å². The van der Waals surface area contributed by atoms with Gasteiger partial charge in [-0.3, -0.25) is 14.0 Å². The molecule has 2 heterocycles. The van der Waals surface area contributed by atoms with Crippen LogP contribution in [-0.2, 0) is 13.2 Å². The van der Waals surface area contributed by atoms with Crippen molar-refractivity contribution in [3.05, 3.63) is 50.5 Å². The second-order valence-corrected chi connectivity index (χ2v) is 6.00. The number of halogens is 4. The Hall–Kier alpha value is -2.91. The lowest BCUT2D eigenvalue weighted by atomic mass is 10.1. The number of fused-ring (bicyclic) bond motifs is 1. The molecule has 2 aromatic heterocycles. The van der Waals surface area contributed by atoms with Gasteiger partial charge in [-0.2, -0.15) is 18.3 Å². The molecule has 0 aliphatic rings.